The molecular weight excluding hydrogens is 333 g/mol. The van der Waals surface area contributed by atoms with Gasteiger partial charge in [-0.1, -0.05) is 12.1 Å². The molecule has 1 aliphatic rings. The number of carbonyl (C=O) groups is 1. The number of halogens is 1. The minimum absolute atomic E-state index is 0.155. The van der Waals surface area contributed by atoms with Crippen molar-refractivity contribution in [2.24, 2.45) is 0 Å². The minimum Gasteiger partial charge on any atom is -0.370 e. The highest BCUT2D eigenvalue weighted by Crippen LogP contribution is 2.31. The van der Waals surface area contributed by atoms with Crippen molar-refractivity contribution in [3.63, 3.8) is 0 Å². The Morgan fingerprint density at radius 2 is 1.92 bits per heavy atom. The molecule has 1 amide bonds. The lowest BCUT2D eigenvalue weighted by atomic mass is 10.1. The van der Waals surface area contributed by atoms with Crippen molar-refractivity contribution in [3.8, 4) is 12.1 Å². The van der Waals surface area contributed by atoms with E-state index in [9.17, 15) is 9.18 Å². The number of nitriles is 2. The molecule has 0 fully saturated rings. The fourth-order valence-electron chi connectivity index (χ4n) is 2.78. The molecule has 1 unspecified atom stereocenters. The van der Waals surface area contributed by atoms with E-state index >= 15 is 0 Å². The monoisotopic (exact) mass is 349 g/mol. The Bertz CT molecular complexity index is 911. The van der Waals surface area contributed by atoms with Crippen molar-refractivity contribution < 1.29 is 9.18 Å². The normalized spacial score (nSPS) is 15.2. The first-order chi connectivity index (χ1) is 12.6. The summed E-state index contributed by atoms with van der Waals surface area (Å²) in [5, 5.41) is 26.8. The summed E-state index contributed by atoms with van der Waals surface area (Å²) < 4.78 is 13.5. The second kappa shape index (κ2) is 7.64. The zero-order chi connectivity index (χ0) is 18.5. The van der Waals surface area contributed by atoms with E-state index in [4.69, 9.17) is 10.5 Å². The molecule has 3 N–H and O–H groups in total. The molecule has 1 atom stereocenters. The molecule has 0 radical (unpaired) electrons. The van der Waals surface area contributed by atoms with Crippen molar-refractivity contribution in [3.05, 3.63) is 58.9 Å². The first kappa shape index (κ1) is 17.4. The zero-order valence-corrected chi connectivity index (χ0v) is 13.8. The maximum atomic E-state index is 13.5. The van der Waals surface area contributed by atoms with Gasteiger partial charge < -0.3 is 16.0 Å². The topological polar surface area (TPSA) is 101 Å². The van der Waals surface area contributed by atoms with E-state index < -0.39 is 11.9 Å². The number of anilines is 2. The lowest BCUT2D eigenvalue weighted by Crippen LogP contribution is -2.46. The van der Waals surface area contributed by atoms with Crippen LogP contribution in [-0.2, 0) is 11.2 Å². The third kappa shape index (κ3) is 3.80. The lowest BCUT2D eigenvalue weighted by Gasteiger charge is -2.27. The quantitative estimate of drug-likeness (QED) is 0.718. The number of rotatable bonds is 5. The fraction of sp³-hybridized carbons (Fsp3) is 0.211. The SMILES string of the molecule is N#Cc1ccc(CCNCC2Nc3c(C#N)cc(F)cc3NC2=O)cc1. The second-order valence-corrected chi connectivity index (χ2v) is 5.94. The van der Waals surface area contributed by atoms with Gasteiger partial charge in [-0.05, 0) is 42.8 Å². The highest BCUT2D eigenvalue weighted by molar-refractivity contribution is 6.04. The average molecular weight is 349 g/mol. The molecule has 0 aromatic heterocycles. The molecule has 0 aliphatic carbocycles. The van der Waals surface area contributed by atoms with E-state index in [2.05, 4.69) is 22.0 Å². The number of hydrogen-bond donors (Lipinski definition) is 3. The summed E-state index contributed by atoms with van der Waals surface area (Å²) in [4.78, 5) is 12.2. The van der Waals surface area contributed by atoms with Crippen LogP contribution in [0.25, 0.3) is 0 Å². The number of benzene rings is 2. The molecule has 0 spiro atoms. The van der Waals surface area contributed by atoms with Gasteiger partial charge in [-0.2, -0.15) is 10.5 Å². The second-order valence-electron chi connectivity index (χ2n) is 5.94. The van der Waals surface area contributed by atoms with Crippen LogP contribution in [0.1, 0.15) is 16.7 Å². The van der Waals surface area contributed by atoms with Crippen molar-refractivity contribution in [1.29, 1.82) is 10.5 Å². The van der Waals surface area contributed by atoms with Gasteiger partial charge in [0.15, 0.2) is 0 Å². The van der Waals surface area contributed by atoms with Crippen LogP contribution >= 0.6 is 0 Å². The van der Waals surface area contributed by atoms with E-state index in [0.29, 0.717) is 24.3 Å². The number of carbonyl (C=O) groups excluding carboxylic acids is 1. The number of nitrogens with one attached hydrogen (secondary N) is 3. The third-order valence-electron chi connectivity index (χ3n) is 4.14. The number of amides is 1. The Labute approximate surface area is 150 Å². The molecule has 6 nitrogen and oxygen atoms in total. The van der Waals surface area contributed by atoms with E-state index in [1.165, 1.54) is 6.07 Å². The highest BCUT2D eigenvalue weighted by Gasteiger charge is 2.27. The molecule has 1 aliphatic heterocycles. The Morgan fingerprint density at radius 1 is 1.15 bits per heavy atom. The van der Waals surface area contributed by atoms with E-state index in [1.807, 2.05) is 18.2 Å². The van der Waals surface area contributed by atoms with Crippen LogP contribution in [0.2, 0.25) is 0 Å². The zero-order valence-electron chi connectivity index (χ0n) is 13.8. The van der Waals surface area contributed by atoms with Crippen LogP contribution < -0.4 is 16.0 Å². The fourth-order valence-corrected chi connectivity index (χ4v) is 2.78. The van der Waals surface area contributed by atoms with Crippen LogP contribution in [0.3, 0.4) is 0 Å². The number of fused-ring (bicyclic) bond motifs is 1. The lowest BCUT2D eigenvalue weighted by molar-refractivity contribution is -0.117. The summed E-state index contributed by atoms with van der Waals surface area (Å²) in [6.45, 7) is 1.02. The summed E-state index contributed by atoms with van der Waals surface area (Å²) in [5.74, 6) is -0.848. The summed E-state index contributed by atoms with van der Waals surface area (Å²) in [6.07, 6.45) is 0.755. The van der Waals surface area contributed by atoms with Crippen LogP contribution in [0.4, 0.5) is 15.8 Å². The van der Waals surface area contributed by atoms with Crippen molar-refractivity contribution in [2.45, 2.75) is 12.5 Å². The van der Waals surface area contributed by atoms with Gasteiger partial charge in [0.2, 0.25) is 5.91 Å². The van der Waals surface area contributed by atoms with Gasteiger partial charge >= 0.3 is 0 Å². The van der Waals surface area contributed by atoms with Crippen molar-refractivity contribution in [1.82, 2.24) is 5.32 Å². The van der Waals surface area contributed by atoms with Gasteiger partial charge in [0, 0.05) is 6.54 Å². The summed E-state index contributed by atoms with van der Waals surface area (Å²) in [7, 11) is 0. The van der Waals surface area contributed by atoms with Gasteiger partial charge in [-0.25, -0.2) is 4.39 Å². The Kier molecular flexibility index (Phi) is 5.12. The molecule has 0 saturated heterocycles. The minimum atomic E-state index is -0.568. The molecule has 0 saturated carbocycles. The highest BCUT2D eigenvalue weighted by atomic mass is 19.1. The van der Waals surface area contributed by atoms with E-state index in [0.717, 1.165) is 18.1 Å². The van der Waals surface area contributed by atoms with Gasteiger partial charge in [0.05, 0.1) is 28.6 Å². The van der Waals surface area contributed by atoms with Crippen LogP contribution in [-0.4, -0.2) is 25.0 Å². The molecule has 2 aromatic rings. The number of hydrogen-bond acceptors (Lipinski definition) is 5. The largest absolute Gasteiger partial charge is 0.370 e. The average Bonchev–Trinajstić information content (AvgIpc) is 2.65. The Morgan fingerprint density at radius 3 is 2.62 bits per heavy atom. The van der Waals surface area contributed by atoms with Crippen LogP contribution in [0.5, 0.6) is 0 Å². The summed E-state index contributed by atoms with van der Waals surface area (Å²) >= 11 is 0. The van der Waals surface area contributed by atoms with Crippen LogP contribution in [0.15, 0.2) is 36.4 Å². The Balaban J connectivity index is 1.57. The number of nitrogens with zero attached hydrogens (tertiary/aromatic N) is 2. The first-order valence-electron chi connectivity index (χ1n) is 8.11. The molecule has 3 rings (SSSR count). The molecule has 26 heavy (non-hydrogen) atoms. The summed E-state index contributed by atoms with van der Waals surface area (Å²) in [5.41, 5.74) is 2.58. The third-order valence-corrected chi connectivity index (χ3v) is 4.14. The molecule has 7 heteroatoms. The Hall–Kier alpha value is -3.42. The van der Waals surface area contributed by atoms with Gasteiger partial charge in [0.25, 0.3) is 0 Å². The summed E-state index contributed by atoms with van der Waals surface area (Å²) in [6, 6.07) is 13.1. The maximum absolute atomic E-state index is 13.5. The standard InChI is InChI=1S/C19H16FN5O/c20-15-7-14(10-22)18-16(8-15)25-19(26)17(24-18)11-23-6-5-12-1-3-13(9-21)4-2-12/h1-4,7-8,17,23-24H,5-6,11H2,(H,25,26). The maximum Gasteiger partial charge on any atom is 0.248 e. The predicted molar refractivity (Wildman–Crippen MR) is 94.9 cm³/mol. The molecule has 1 heterocycles. The van der Waals surface area contributed by atoms with Crippen molar-refractivity contribution >= 4 is 17.3 Å². The molecule has 130 valence electrons. The van der Waals surface area contributed by atoms with E-state index in [1.54, 1.807) is 12.1 Å². The molecule has 0 bridgehead atoms. The van der Waals surface area contributed by atoms with Gasteiger partial charge in [-0.3, -0.25) is 4.79 Å². The smallest absolute Gasteiger partial charge is 0.248 e. The first-order valence-corrected chi connectivity index (χ1v) is 8.11. The van der Waals surface area contributed by atoms with Crippen molar-refractivity contribution in [2.75, 3.05) is 23.7 Å². The predicted octanol–water partition coefficient (Wildman–Crippen LogP) is 2.13. The van der Waals surface area contributed by atoms with Gasteiger partial charge in [0.1, 0.15) is 17.9 Å². The molecule has 2 aromatic carbocycles. The van der Waals surface area contributed by atoms with Gasteiger partial charge in [-0.15, -0.1) is 0 Å². The molecular formula is C19H16FN5O. The van der Waals surface area contributed by atoms with E-state index in [-0.39, 0.29) is 17.2 Å². The van der Waals surface area contributed by atoms with Crippen LogP contribution in [0, 0.1) is 28.5 Å².